The van der Waals surface area contributed by atoms with Crippen LogP contribution < -0.4 is 10.2 Å². The van der Waals surface area contributed by atoms with Gasteiger partial charge in [-0.05, 0) is 33.6 Å². The van der Waals surface area contributed by atoms with Gasteiger partial charge in [0.1, 0.15) is 12.3 Å². The number of carbonyl (C=O) groups is 1. The van der Waals surface area contributed by atoms with E-state index in [9.17, 15) is 9.59 Å². The van der Waals surface area contributed by atoms with E-state index in [-0.39, 0.29) is 11.1 Å². The number of carbonyl (C=O) groups excluding carboxylic acids is 1. The molecule has 0 saturated carbocycles. The Hall–Kier alpha value is -2.60. The van der Waals surface area contributed by atoms with Crippen molar-refractivity contribution in [2.45, 2.75) is 6.61 Å². The first kappa shape index (κ1) is 16.3. The van der Waals surface area contributed by atoms with Crippen LogP contribution in [0.4, 0.5) is 0 Å². The number of esters is 1. The Morgan fingerprint density at radius 3 is 2.62 bits per heavy atom. The molecule has 122 valence electrons. The fraction of sp³-hybridized carbons (Fsp3) is 0.111. The summed E-state index contributed by atoms with van der Waals surface area (Å²) in [5, 5.41) is 0.439. The number of nitrogens with one attached hydrogen (secondary N) is 1. The summed E-state index contributed by atoms with van der Waals surface area (Å²) in [7, 11) is 1.26. The Bertz CT molecular complexity index is 950. The van der Waals surface area contributed by atoms with Crippen LogP contribution in [0.5, 0.6) is 5.75 Å². The molecule has 0 saturated heterocycles. The number of aromatic nitrogens is 1. The van der Waals surface area contributed by atoms with Crippen molar-refractivity contribution in [2.75, 3.05) is 7.11 Å². The number of methoxy groups -OCH3 is 1. The van der Waals surface area contributed by atoms with Crippen LogP contribution in [0, 0.1) is 0 Å². The van der Waals surface area contributed by atoms with Gasteiger partial charge in [0.05, 0.1) is 17.1 Å². The van der Waals surface area contributed by atoms with Crippen molar-refractivity contribution < 1.29 is 14.3 Å². The first-order chi connectivity index (χ1) is 11.6. The zero-order chi connectivity index (χ0) is 17.1. The lowest BCUT2D eigenvalue weighted by Crippen LogP contribution is -2.12. The first-order valence-electron chi connectivity index (χ1n) is 7.20. The van der Waals surface area contributed by atoms with Gasteiger partial charge in [-0.1, -0.05) is 30.3 Å². The molecule has 0 atom stereocenters. The second-order valence-electron chi connectivity index (χ2n) is 5.11. The summed E-state index contributed by atoms with van der Waals surface area (Å²) in [5.74, 6) is -0.137. The van der Waals surface area contributed by atoms with E-state index >= 15 is 0 Å². The van der Waals surface area contributed by atoms with E-state index in [1.54, 1.807) is 12.1 Å². The average Bonchev–Trinajstić information content (AvgIpc) is 2.60. The van der Waals surface area contributed by atoms with Crippen LogP contribution in [0.3, 0.4) is 0 Å². The number of H-pyrrole nitrogens is 1. The van der Waals surface area contributed by atoms with Crippen molar-refractivity contribution in [2.24, 2.45) is 0 Å². The van der Waals surface area contributed by atoms with E-state index in [4.69, 9.17) is 4.74 Å². The van der Waals surface area contributed by atoms with Gasteiger partial charge < -0.3 is 14.5 Å². The molecule has 0 bridgehead atoms. The van der Waals surface area contributed by atoms with E-state index in [0.717, 1.165) is 5.56 Å². The molecule has 2 aromatic carbocycles. The van der Waals surface area contributed by atoms with E-state index in [2.05, 4.69) is 25.7 Å². The molecular formula is C18H14BrNO4. The van der Waals surface area contributed by atoms with Crippen LogP contribution in [0.2, 0.25) is 0 Å². The van der Waals surface area contributed by atoms with E-state index < -0.39 is 5.97 Å². The quantitative estimate of drug-likeness (QED) is 0.693. The molecule has 1 N–H and O–H groups in total. The summed E-state index contributed by atoms with van der Waals surface area (Å²) in [6, 6.07) is 14.3. The molecule has 6 heteroatoms. The summed E-state index contributed by atoms with van der Waals surface area (Å²) in [6.45, 7) is 0.336. The maximum atomic E-state index is 12.3. The maximum absolute atomic E-state index is 12.3. The van der Waals surface area contributed by atoms with Gasteiger partial charge in [0.2, 0.25) is 0 Å². The molecule has 5 nitrogen and oxygen atoms in total. The Labute approximate surface area is 146 Å². The third-order valence-electron chi connectivity index (χ3n) is 3.54. The van der Waals surface area contributed by atoms with Crippen molar-refractivity contribution in [1.82, 2.24) is 4.98 Å². The van der Waals surface area contributed by atoms with Crippen LogP contribution in [-0.4, -0.2) is 18.1 Å². The van der Waals surface area contributed by atoms with Crippen LogP contribution >= 0.6 is 15.9 Å². The molecule has 3 rings (SSSR count). The molecule has 0 unspecified atom stereocenters. The predicted molar refractivity (Wildman–Crippen MR) is 94.4 cm³/mol. The second kappa shape index (κ2) is 6.88. The van der Waals surface area contributed by atoms with Gasteiger partial charge in [0.25, 0.3) is 0 Å². The predicted octanol–water partition coefficient (Wildman–Crippen LogP) is 3.66. The van der Waals surface area contributed by atoms with E-state index in [1.165, 1.54) is 13.2 Å². The summed E-state index contributed by atoms with van der Waals surface area (Å²) >= 11 is 3.43. The number of hydrogen-bond acceptors (Lipinski definition) is 4. The topological polar surface area (TPSA) is 68.4 Å². The number of aromatic amines is 1. The lowest BCUT2D eigenvalue weighted by atomic mass is 10.1. The highest BCUT2D eigenvalue weighted by atomic mass is 79.9. The minimum atomic E-state index is -0.608. The molecule has 3 aromatic rings. The number of halogens is 1. The molecule has 0 fully saturated rings. The number of fused-ring (bicyclic) bond motifs is 1. The molecule has 1 aromatic heterocycles. The van der Waals surface area contributed by atoms with Gasteiger partial charge in [-0.15, -0.1) is 0 Å². The minimum Gasteiger partial charge on any atom is -0.486 e. The Morgan fingerprint density at radius 2 is 1.92 bits per heavy atom. The minimum absolute atomic E-state index is 0.0812. The van der Waals surface area contributed by atoms with Gasteiger partial charge in [-0.25, -0.2) is 4.79 Å². The Morgan fingerprint density at radius 1 is 1.17 bits per heavy atom. The average molecular weight is 388 g/mol. The normalized spacial score (nSPS) is 10.6. The SMILES string of the molecule is COC(=O)c1cc(=O)c2ccc(Br)c(OCc3ccccc3)c2[nH]1. The summed E-state index contributed by atoms with van der Waals surface area (Å²) in [6.07, 6.45) is 0. The fourth-order valence-corrected chi connectivity index (χ4v) is 2.80. The largest absolute Gasteiger partial charge is 0.486 e. The van der Waals surface area contributed by atoms with Gasteiger partial charge in [0.15, 0.2) is 11.2 Å². The molecule has 0 radical (unpaired) electrons. The second-order valence-corrected chi connectivity index (χ2v) is 5.97. The Balaban J connectivity index is 2.08. The summed E-state index contributed by atoms with van der Waals surface area (Å²) < 4.78 is 11.3. The first-order valence-corrected chi connectivity index (χ1v) is 8.00. The highest BCUT2D eigenvalue weighted by Crippen LogP contribution is 2.32. The molecular weight excluding hydrogens is 374 g/mol. The number of rotatable bonds is 4. The third-order valence-corrected chi connectivity index (χ3v) is 4.17. The van der Waals surface area contributed by atoms with Gasteiger partial charge in [-0.2, -0.15) is 0 Å². The van der Waals surface area contributed by atoms with Crippen LogP contribution in [0.15, 0.2) is 57.8 Å². The van der Waals surface area contributed by atoms with Crippen molar-refractivity contribution >= 4 is 32.8 Å². The van der Waals surface area contributed by atoms with Crippen molar-refractivity contribution in [1.29, 1.82) is 0 Å². The lowest BCUT2D eigenvalue weighted by Gasteiger charge is -2.12. The highest BCUT2D eigenvalue weighted by Gasteiger charge is 2.15. The molecule has 1 heterocycles. The number of benzene rings is 2. The monoisotopic (exact) mass is 387 g/mol. The zero-order valence-corrected chi connectivity index (χ0v) is 14.4. The van der Waals surface area contributed by atoms with Crippen LogP contribution in [0.1, 0.15) is 16.1 Å². The molecule has 0 aliphatic carbocycles. The van der Waals surface area contributed by atoms with Gasteiger partial charge in [0, 0.05) is 11.5 Å². The fourth-order valence-electron chi connectivity index (χ4n) is 2.36. The lowest BCUT2D eigenvalue weighted by molar-refractivity contribution is 0.0594. The molecule has 0 aliphatic heterocycles. The van der Waals surface area contributed by atoms with Crippen molar-refractivity contribution in [3.05, 3.63) is 74.5 Å². The van der Waals surface area contributed by atoms with Crippen LogP contribution in [0.25, 0.3) is 10.9 Å². The summed E-state index contributed by atoms with van der Waals surface area (Å²) in [4.78, 5) is 26.9. The maximum Gasteiger partial charge on any atom is 0.354 e. The highest BCUT2D eigenvalue weighted by molar-refractivity contribution is 9.10. The number of ether oxygens (including phenoxy) is 2. The standard InChI is InChI=1S/C18H14BrNO4/c1-23-18(22)14-9-15(21)12-7-8-13(19)17(16(12)20-14)24-10-11-5-3-2-4-6-11/h2-9H,10H2,1H3,(H,20,21). The summed E-state index contributed by atoms with van der Waals surface area (Å²) in [5.41, 5.74) is 1.25. The smallest absolute Gasteiger partial charge is 0.354 e. The third kappa shape index (κ3) is 3.19. The van der Waals surface area contributed by atoms with Crippen molar-refractivity contribution in [3.63, 3.8) is 0 Å². The van der Waals surface area contributed by atoms with Gasteiger partial charge in [-0.3, -0.25) is 4.79 Å². The molecule has 0 spiro atoms. The molecule has 0 aliphatic rings. The van der Waals surface area contributed by atoms with Crippen molar-refractivity contribution in [3.8, 4) is 5.75 Å². The Kier molecular flexibility index (Phi) is 4.66. The van der Waals surface area contributed by atoms with E-state index in [1.807, 2.05) is 30.3 Å². The zero-order valence-electron chi connectivity index (χ0n) is 12.8. The number of pyridine rings is 1. The van der Waals surface area contributed by atoms with Crippen LogP contribution in [-0.2, 0) is 11.3 Å². The molecule has 24 heavy (non-hydrogen) atoms. The number of hydrogen-bond donors (Lipinski definition) is 1. The van der Waals surface area contributed by atoms with Gasteiger partial charge >= 0.3 is 5.97 Å². The molecule has 0 amide bonds. The van der Waals surface area contributed by atoms with E-state index in [0.29, 0.717) is 27.7 Å².